The first-order valence-electron chi connectivity index (χ1n) is 4.05. The molecular weight excluding hydrogens is 208 g/mol. The monoisotopic (exact) mass is 218 g/mol. The molecule has 1 aromatic rings. The van der Waals surface area contributed by atoms with Gasteiger partial charge in [-0.3, -0.25) is 0 Å². The molecule has 1 aliphatic rings. The largest absolute Gasteiger partial charge is 0.315 e. The molecule has 0 spiro atoms. The van der Waals surface area contributed by atoms with Gasteiger partial charge in [-0.25, -0.2) is 13.4 Å². The molecule has 6 heteroatoms. The maximum Gasteiger partial charge on any atom is 0.209 e. The van der Waals surface area contributed by atoms with Crippen molar-refractivity contribution in [2.24, 2.45) is 0 Å². The molecule has 0 radical (unpaired) electrons. The summed E-state index contributed by atoms with van der Waals surface area (Å²) < 4.78 is 23.9. The number of thiazole rings is 1. The lowest BCUT2D eigenvalue weighted by molar-refractivity contribution is 0.582. The van der Waals surface area contributed by atoms with Gasteiger partial charge in [0.15, 0.2) is 0 Å². The van der Waals surface area contributed by atoms with E-state index in [2.05, 4.69) is 10.3 Å². The van der Waals surface area contributed by atoms with Gasteiger partial charge >= 0.3 is 0 Å². The third-order valence-electron chi connectivity index (χ3n) is 2.11. The van der Waals surface area contributed by atoms with Crippen LogP contribution in [0.1, 0.15) is 6.42 Å². The summed E-state index contributed by atoms with van der Waals surface area (Å²) in [5, 5.41) is 4.45. The number of nitrogens with zero attached hydrogens (tertiary/aromatic N) is 1. The second-order valence-electron chi connectivity index (χ2n) is 2.96. The van der Waals surface area contributed by atoms with Gasteiger partial charge in [-0.05, 0) is 13.0 Å². The topological polar surface area (TPSA) is 59.1 Å². The van der Waals surface area contributed by atoms with Gasteiger partial charge in [0.25, 0.3) is 0 Å². The second kappa shape index (κ2) is 3.36. The van der Waals surface area contributed by atoms with Crippen molar-refractivity contribution in [1.82, 2.24) is 10.3 Å². The molecule has 1 saturated heterocycles. The van der Waals surface area contributed by atoms with Crippen molar-refractivity contribution >= 4 is 21.2 Å². The molecule has 0 bridgehead atoms. The van der Waals surface area contributed by atoms with Gasteiger partial charge in [-0.2, -0.15) is 0 Å². The average molecular weight is 218 g/mol. The van der Waals surface area contributed by atoms with Crippen LogP contribution in [0.4, 0.5) is 0 Å². The van der Waals surface area contributed by atoms with Crippen LogP contribution in [0.2, 0.25) is 0 Å². The number of nitrogens with one attached hydrogen (secondary N) is 1. The van der Waals surface area contributed by atoms with Gasteiger partial charge < -0.3 is 5.32 Å². The molecule has 2 rings (SSSR count). The smallest absolute Gasteiger partial charge is 0.209 e. The fourth-order valence-corrected chi connectivity index (χ4v) is 4.12. The summed E-state index contributed by atoms with van der Waals surface area (Å²) in [6.45, 7) is 1.34. The van der Waals surface area contributed by atoms with Crippen molar-refractivity contribution in [3.8, 4) is 0 Å². The van der Waals surface area contributed by atoms with Gasteiger partial charge in [-0.1, -0.05) is 0 Å². The molecule has 72 valence electrons. The quantitative estimate of drug-likeness (QED) is 0.774. The molecule has 0 unspecified atom stereocenters. The highest BCUT2D eigenvalue weighted by Crippen LogP contribution is 2.21. The fourth-order valence-electron chi connectivity index (χ4n) is 1.39. The van der Waals surface area contributed by atoms with Crippen LogP contribution in [0.15, 0.2) is 15.9 Å². The minimum absolute atomic E-state index is 0.251. The highest BCUT2D eigenvalue weighted by molar-refractivity contribution is 7.93. The minimum atomic E-state index is -3.15. The van der Waals surface area contributed by atoms with E-state index < -0.39 is 9.84 Å². The van der Waals surface area contributed by atoms with Crippen LogP contribution < -0.4 is 5.32 Å². The highest BCUT2D eigenvalue weighted by Gasteiger charge is 2.31. The van der Waals surface area contributed by atoms with E-state index in [0.29, 0.717) is 13.0 Å². The molecule has 0 saturated carbocycles. The van der Waals surface area contributed by atoms with E-state index in [0.717, 1.165) is 6.54 Å². The van der Waals surface area contributed by atoms with Crippen molar-refractivity contribution in [3.05, 3.63) is 11.6 Å². The lowest BCUT2D eigenvalue weighted by atomic mass is 10.4. The molecule has 0 amide bonds. The molecule has 1 aliphatic heterocycles. The Labute approximate surface area is 80.9 Å². The van der Waals surface area contributed by atoms with E-state index in [1.165, 1.54) is 17.5 Å². The molecule has 4 nitrogen and oxygen atoms in total. The lowest BCUT2D eigenvalue weighted by Gasteiger charge is -2.06. The molecule has 1 atom stereocenters. The van der Waals surface area contributed by atoms with Crippen molar-refractivity contribution in [2.75, 3.05) is 13.1 Å². The molecule has 13 heavy (non-hydrogen) atoms. The van der Waals surface area contributed by atoms with Crippen molar-refractivity contribution < 1.29 is 8.42 Å². The van der Waals surface area contributed by atoms with Gasteiger partial charge in [0, 0.05) is 18.1 Å². The third-order valence-corrected chi connectivity index (χ3v) is 5.53. The summed E-state index contributed by atoms with van der Waals surface area (Å²) in [5.74, 6) is 0. The molecule has 0 aliphatic carbocycles. The molecular formula is C7H10N2O2S2. The summed E-state index contributed by atoms with van der Waals surface area (Å²) in [6, 6.07) is 0. The first-order chi connectivity index (χ1) is 6.21. The minimum Gasteiger partial charge on any atom is -0.315 e. The maximum atomic E-state index is 11.8. The molecule has 1 aromatic heterocycles. The molecule has 2 heterocycles. The standard InChI is InChI=1S/C7H10N2O2S2/c10-13(11,6-1-2-8-5-6)7-9-3-4-12-7/h3-4,6,8H,1-2,5H2/t6-/m0/s1. The van der Waals surface area contributed by atoms with Crippen LogP contribution in [-0.2, 0) is 9.84 Å². The van der Waals surface area contributed by atoms with Gasteiger partial charge in [0.05, 0.1) is 5.25 Å². The van der Waals surface area contributed by atoms with Crippen LogP contribution in [-0.4, -0.2) is 31.7 Å². The Bertz CT molecular complexity index is 365. The van der Waals surface area contributed by atoms with E-state index >= 15 is 0 Å². The van der Waals surface area contributed by atoms with E-state index in [1.807, 2.05) is 0 Å². The van der Waals surface area contributed by atoms with Crippen molar-refractivity contribution in [2.45, 2.75) is 16.0 Å². The number of sulfone groups is 1. The van der Waals surface area contributed by atoms with Gasteiger partial charge in [-0.15, -0.1) is 11.3 Å². The summed E-state index contributed by atoms with van der Waals surface area (Å²) in [5.41, 5.74) is 0. The maximum absolute atomic E-state index is 11.8. The summed E-state index contributed by atoms with van der Waals surface area (Å²) in [7, 11) is -3.15. The molecule has 1 fully saturated rings. The highest BCUT2D eigenvalue weighted by atomic mass is 32.2. The first kappa shape index (κ1) is 9.11. The lowest BCUT2D eigenvalue weighted by Crippen LogP contribution is -2.23. The Morgan fingerprint density at radius 1 is 1.62 bits per heavy atom. The van der Waals surface area contributed by atoms with Crippen LogP contribution >= 0.6 is 11.3 Å². The normalized spacial score (nSPS) is 23.5. The third kappa shape index (κ3) is 1.61. The van der Waals surface area contributed by atoms with Gasteiger partial charge in [0.2, 0.25) is 14.2 Å². The zero-order chi connectivity index (χ0) is 9.31. The van der Waals surface area contributed by atoms with Crippen molar-refractivity contribution in [3.63, 3.8) is 0 Å². The Kier molecular flexibility index (Phi) is 2.35. The number of rotatable bonds is 2. The Balaban J connectivity index is 2.30. The Hall–Kier alpha value is -0.460. The van der Waals surface area contributed by atoms with E-state index in [1.54, 1.807) is 5.38 Å². The van der Waals surface area contributed by atoms with Crippen LogP contribution in [0, 0.1) is 0 Å². The Morgan fingerprint density at radius 2 is 2.46 bits per heavy atom. The zero-order valence-corrected chi connectivity index (χ0v) is 8.57. The Morgan fingerprint density at radius 3 is 3.00 bits per heavy atom. The molecule has 0 aromatic carbocycles. The average Bonchev–Trinajstić information content (AvgIpc) is 2.78. The second-order valence-corrected chi connectivity index (χ2v) is 6.25. The summed E-state index contributed by atoms with van der Waals surface area (Å²) in [4.78, 5) is 3.84. The number of hydrogen-bond donors (Lipinski definition) is 1. The van der Waals surface area contributed by atoms with Gasteiger partial charge in [0.1, 0.15) is 0 Å². The predicted molar refractivity (Wildman–Crippen MR) is 50.6 cm³/mol. The first-order valence-corrected chi connectivity index (χ1v) is 6.48. The van der Waals surface area contributed by atoms with Crippen LogP contribution in [0.25, 0.3) is 0 Å². The van der Waals surface area contributed by atoms with Crippen LogP contribution in [0.3, 0.4) is 0 Å². The van der Waals surface area contributed by atoms with Crippen molar-refractivity contribution in [1.29, 1.82) is 0 Å². The van der Waals surface area contributed by atoms with E-state index in [9.17, 15) is 8.42 Å². The van der Waals surface area contributed by atoms with E-state index in [4.69, 9.17) is 0 Å². The predicted octanol–water partition coefficient (Wildman–Crippen LogP) is 0.279. The molecule has 1 N–H and O–H groups in total. The van der Waals surface area contributed by atoms with Crippen LogP contribution in [0.5, 0.6) is 0 Å². The number of aromatic nitrogens is 1. The van der Waals surface area contributed by atoms with E-state index in [-0.39, 0.29) is 9.59 Å². The zero-order valence-electron chi connectivity index (χ0n) is 6.93. The summed E-state index contributed by atoms with van der Waals surface area (Å²) in [6.07, 6.45) is 2.22. The number of hydrogen-bond acceptors (Lipinski definition) is 5. The summed E-state index contributed by atoms with van der Waals surface area (Å²) >= 11 is 1.19. The SMILES string of the molecule is O=S(=O)(c1nccs1)[C@H]1CCNC1. The fraction of sp³-hybridized carbons (Fsp3) is 0.571.